The van der Waals surface area contributed by atoms with Crippen LogP contribution in [0.3, 0.4) is 0 Å². The van der Waals surface area contributed by atoms with E-state index < -0.39 is 0 Å². The predicted octanol–water partition coefficient (Wildman–Crippen LogP) is 3.33. The topological polar surface area (TPSA) is 58.1 Å². The molecule has 3 aromatic rings. The van der Waals surface area contributed by atoms with E-state index in [0.29, 0.717) is 0 Å². The van der Waals surface area contributed by atoms with Gasteiger partial charge in [0.2, 0.25) is 5.91 Å². The van der Waals surface area contributed by atoms with Crippen molar-refractivity contribution in [2.75, 3.05) is 13.1 Å². The number of rotatable bonds is 3. The Morgan fingerprint density at radius 3 is 2.67 bits per heavy atom. The van der Waals surface area contributed by atoms with Gasteiger partial charge in [-0.25, -0.2) is 0 Å². The molecule has 2 fully saturated rings. The third-order valence-corrected chi connectivity index (χ3v) is 6.60. The Hall–Kier alpha value is -2.31. The highest BCUT2D eigenvalue weighted by Crippen LogP contribution is 2.39. The molecule has 0 radical (unpaired) electrons. The molecule has 2 aliphatic rings. The van der Waals surface area contributed by atoms with Crippen LogP contribution < -0.4 is 5.32 Å². The number of nitrogens with one attached hydrogen (secondary N) is 1. The van der Waals surface area contributed by atoms with Crippen molar-refractivity contribution in [3.05, 3.63) is 59.7 Å². The Bertz CT molecular complexity index is 962. The van der Waals surface area contributed by atoms with E-state index in [4.69, 9.17) is 0 Å². The lowest BCUT2D eigenvalue weighted by Gasteiger charge is -2.39. The van der Waals surface area contributed by atoms with E-state index in [9.17, 15) is 4.79 Å². The van der Waals surface area contributed by atoms with Gasteiger partial charge in [0.1, 0.15) is 11.0 Å². The lowest BCUT2D eigenvalue weighted by atomic mass is 9.82. The first-order valence-electron chi connectivity index (χ1n) is 9.51. The number of hydrogen-bond acceptors (Lipinski definition) is 5. The Kier molecular flexibility index (Phi) is 4.17. The summed E-state index contributed by atoms with van der Waals surface area (Å²) < 4.78 is 8.61. The first kappa shape index (κ1) is 16.8. The molecule has 5 nitrogen and oxygen atoms in total. The summed E-state index contributed by atoms with van der Waals surface area (Å²) in [5.41, 5.74) is 4.35. The lowest BCUT2D eigenvalue weighted by molar-refractivity contribution is -0.121. The summed E-state index contributed by atoms with van der Waals surface area (Å²) >= 11 is 1.26. The molecule has 2 aliphatic heterocycles. The zero-order valence-electron chi connectivity index (χ0n) is 15.1. The van der Waals surface area contributed by atoms with Crippen molar-refractivity contribution in [2.45, 2.75) is 37.3 Å². The van der Waals surface area contributed by atoms with Gasteiger partial charge in [0.15, 0.2) is 0 Å². The summed E-state index contributed by atoms with van der Waals surface area (Å²) in [6.45, 7) is 2.95. The van der Waals surface area contributed by atoms with Gasteiger partial charge in [0.25, 0.3) is 0 Å². The summed E-state index contributed by atoms with van der Waals surface area (Å²) in [5.74, 6) is 0.188. The second kappa shape index (κ2) is 6.69. The van der Waals surface area contributed by atoms with Crippen molar-refractivity contribution < 1.29 is 4.79 Å². The number of piperidine rings is 1. The fourth-order valence-corrected chi connectivity index (χ4v) is 5.01. The number of amides is 1. The number of nitrogens with zero attached hydrogens (tertiary/aromatic N) is 3. The Morgan fingerprint density at radius 1 is 1.07 bits per heavy atom. The van der Waals surface area contributed by atoms with Crippen LogP contribution in [0.4, 0.5) is 0 Å². The summed E-state index contributed by atoms with van der Waals surface area (Å²) in [5, 5.41) is 3.34. The van der Waals surface area contributed by atoms with Crippen molar-refractivity contribution in [2.24, 2.45) is 0 Å². The van der Waals surface area contributed by atoms with Crippen LogP contribution in [0.15, 0.2) is 48.5 Å². The van der Waals surface area contributed by atoms with Gasteiger partial charge >= 0.3 is 0 Å². The van der Waals surface area contributed by atoms with Crippen molar-refractivity contribution in [1.29, 1.82) is 0 Å². The first-order valence-corrected chi connectivity index (χ1v) is 10.2. The third-order valence-electron chi connectivity index (χ3n) is 6.04. The smallest absolute Gasteiger partial charge is 0.228 e. The summed E-state index contributed by atoms with van der Waals surface area (Å²) in [6, 6.07) is 16.5. The molecule has 3 heterocycles. The van der Waals surface area contributed by atoms with Crippen molar-refractivity contribution >= 4 is 28.7 Å². The van der Waals surface area contributed by atoms with Gasteiger partial charge in [0, 0.05) is 25.2 Å². The molecule has 5 rings (SSSR count). The quantitative estimate of drug-likeness (QED) is 0.760. The number of carbonyl (C=O) groups excluding carboxylic acids is 1. The standard InChI is InChI=1S/C21H22N4OS/c26-20-17(16-4-2-1-3-5-16)13-21(22-20)8-10-25(11-9-21)14-15-6-7-18-19(12-15)24-27-23-18/h1-7,12,17H,8-11,13-14H2,(H,22,26). The maximum absolute atomic E-state index is 12.6. The van der Waals surface area contributed by atoms with E-state index >= 15 is 0 Å². The molecule has 1 atom stereocenters. The SMILES string of the molecule is O=C1NC2(CCN(Cc3ccc4nsnc4c3)CC2)CC1c1ccccc1. The lowest BCUT2D eigenvalue weighted by Crippen LogP contribution is -2.50. The molecule has 138 valence electrons. The molecule has 1 spiro atoms. The molecule has 0 saturated carbocycles. The van der Waals surface area contributed by atoms with Crippen LogP contribution >= 0.6 is 11.7 Å². The minimum atomic E-state index is -0.0309. The van der Waals surface area contributed by atoms with Gasteiger partial charge in [-0.2, -0.15) is 8.75 Å². The second-order valence-corrected chi connectivity index (χ2v) is 8.33. The number of carbonyl (C=O) groups is 1. The number of likely N-dealkylation sites (tertiary alicyclic amines) is 1. The first-order chi connectivity index (χ1) is 13.2. The summed E-state index contributed by atoms with van der Waals surface area (Å²) in [7, 11) is 0. The minimum absolute atomic E-state index is 0.00248. The van der Waals surface area contributed by atoms with Crippen LogP contribution in [0.2, 0.25) is 0 Å². The molecule has 0 bridgehead atoms. The van der Waals surface area contributed by atoms with Crippen LogP contribution in [0.5, 0.6) is 0 Å². The van der Waals surface area contributed by atoms with E-state index in [1.807, 2.05) is 18.2 Å². The molecule has 1 aromatic heterocycles. The van der Waals surface area contributed by atoms with Crippen LogP contribution in [-0.2, 0) is 11.3 Å². The third kappa shape index (κ3) is 3.24. The number of aromatic nitrogens is 2. The van der Waals surface area contributed by atoms with Gasteiger partial charge < -0.3 is 5.32 Å². The fourth-order valence-electron chi connectivity index (χ4n) is 4.49. The van der Waals surface area contributed by atoms with E-state index in [1.54, 1.807) is 0 Å². The highest BCUT2D eigenvalue weighted by Gasteiger charge is 2.45. The van der Waals surface area contributed by atoms with Crippen molar-refractivity contribution in [3.63, 3.8) is 0 Å². The van der Waals surface area contributed by atoms with E-state index in [2.05, 4.69) is 49.3 Å². The van der Waals surface area contributed by atoms with Gasteiger partial charge in [-0.3, -0.25) is 9.69 Å². The zero-order valence-corrected chi connectivity index (χ0v) is 15.9. The highest BCUT2D eigenvalue weighted by atomic mass is 32.1. The highest BCUT2D eigenvalue weighted by molar-refractivity contribution is 7.00. The molecule has 27 heavy (non-hydrogen) atoms. The average molecular weight is 379 g/mol. The van der Waals surface area contributed by atoms with Gasteiger partial charge in [-0.1, -0.05) is 36.4 Å². The number of hydrogen-bond donors (Lipinski definition) is 1. The Morgan fingerprint density at radius 2 is 1.85 bits per heavy atom. The molecule has 1 amide bonds. The van der Waals surface area contributed by atoms with Crippen molar-refractivity contribution in [3.8, 4) is 0 Å². The summed E-state index contributed by atoms with van der Waals surface area (Å²) in [4.78, 5) is 15.1. The largest absolute Gasteiger partial charge is 0.350 e. The number of fused-ring (bicyclic) bond motifs is 1. The van der Waals surface area contributed by atoms with E-state index in [1.165, 1.54) is 17.3 Å². The Labute approximate surface area is 162 Å². The normalized spacial score (nSPS) is 22.4. The monoisotopic (exact) mass is 378 g/mol. The zero-order chi connectivity index (χ0) is 18.3. The van der Waals surface area contributed by atoms with Crippen molar-refractivity contribution in [1.82, 2.24) is 19.0 Å². The molecule has 2 saturated heterocycles. The van der Waals surface area contributed by atoms with Gasteiger partial charge in [0.05, 0.1) is 17.6 Å². The average Bonchev–Trinajstić information content (AvgIpc) is 3.29. The predicted molar refractivity (Wildman–Crippen MR) is 107 cm³/mol. The maximum atomic E-state index is 12.6. The number of benzene rings is 2. The summed E-state index contributed by atoms with van der Waals surface area (Å²) in [6.07, 6.45) is 2.95. The molecular weight excluding hydrogens is 356 g/mol. The van der Waals surface area contributed by atoms with Gasteiger partial charge in [-0.05, 0) is 42.5 Å². The molecule has 1 N–H and O–H groups in total. The second-order valence-electron chi connectivity index (χ2n) is 7.80. The molecule has 2 aromatic carbocycles. The fraction of sp³-hybridized carbons (Fsp3) is 0.381. The van der Waals surface area contributed by atoms with Crippen LogP contribution in [0.25, 0.3) is 11.0 Å². The van der Waals surface area contributed by atoms with E-state index in [-0.39, 0.29) is 17.4 Å². The molecule has 0 aliphatic carbocycles. The van der Waals surface area contributed by atoms with Crippen LogP contribution in [-0.4, -0.2) is 38.2 Å². The maximum Gasteiger partial charge on any atom is 0.228 e. The van der Waals surface area contributed by atoms with Gasteiger partial charge in [-0.15, -0.1) is 0 Å². The van der Waals surface area contributed by atoms with Crippen LogP contribution in [0.1, 0.15) is 36.3 Å². The molecule has 1 unspecified atom stereocenters. The Balaban J connectivity index is 1.24. The molecule has 6 heteroatoms. The minimum Gasteiger partial charge on any atom is -0.350 e. The van der Waals surface area contributed by atoms with Crippen LogP contribution in [0, 0.1) is 0 Å². The van der Waals surface area contributed by atoms with E-state index in [0.717, 1.165) is 55.5 Å². The molecular formula is C21H22N4OS.